The van der Waals surface area contributed by atoms with E-state index in [2.05, 4.69) is 10.3 Å². The highest BCUT2D eigenvalue weighted by atomic mass is 32.1. The summed E-state index contributed by atoms with van der Waals surface area (Å²) in [5.41, 5.74) is 1.86. The first-order chi connectivity index (χ1) is 14.5. The zero-order chi connectivity index (χ0) is 21.7. The number of aryl methyl sites for hydroxylation is 2. The Balaban J connectivity index is 1.83. The molecule has 0 saturated carbocycles. The SMILES string of the molecule is CCc1ccccc1NC(=O)Cn1cnc2sc(C(=O)OCCOC)c(C)c2c1=O. The van der Waals surface area contributed by atoms with Crippen LogP contribution in [0.15, 0.2) is 35.4 Å². The predicted molar refractivity (Wildman–Crippen MR) is 115 cm³/mol. The maximum absolute atomic E-state index is 12.9. The summed E-state index contributed by atoms with van der Waals surface area (Å²) in [6.07, 6.45) is 2.10. The van der Waals surface area contributed by atoms with Crippen molar-refractivity contribution in [2.45, 2.75) is 26.8 Å². The predicted octanol–water partition coefficient (Wildman–Crippen LogP) is 2.77. The average molecular weight is 429 g/mol. The molecule has 0 fully saturated rings. The van der Waals surface area contributed by atoms with Gasteiger partial charge in [-0.05, 0) is 30.5 Å². The van der Waals surface area contributed by atoms with Crippen LogP contribution in [0.25, 0.3) is 10.2 Å². The number of carbonyl (C=O) groups excluding carboxylic acids is 2. The Morgan fingerprint density at radius 1 is 1.23 bits per heavy atom. The Kier molecular flexibility index (Phi) is 6.96. The Labute approximate surface area is 177 Å². The molecule has 0 unspecified atom stereocenters. The summed E-state index contributed by atoms with van der Waals surface area (Å²) in [4.78, 5) is 42.7. The van der Waals surface area contributed by atoms with Crippen LogP contribution in [0.1, 0.15) is 27.7 Å². The van der Waals surface area contributed by atoms with E-state index < -0.39 is 5.97 Å². The van der Waals surface area contributed by atoms with E-state index in [1.165, 1.54) is 18.0 Å². The van der Waals surface area contributed by atoms with Gasteiger partial charge in [-0.3, -0.25) is 14.2 Å². The number of ether oxygens (including phenoxy) is 2. The molecular weight excluding hydrogens is 406 g/mol. The summed E-state index contributed by atoms with van der Waals surface area (Å²) in [5, 5.41) is 3.16. The maximum atomic E-state index is 12.9. The lowest BCUT2D eigenvalue weighted by atomic mass is 10.1. The molecule has 3 rings (SSSR count). The average Bonchev–Trinajstić information content (AvgIpc) is 3.08. The minimum Gasteiger partial charge on any atom is -0.459 e. The highest BCUT2D eigenvalue weighted by molar-refractivity contribution is 7.20. The molecule has 1 amide bonds. The molecule has 0 radical (unpaired) electrons. The normalized spacial score (nSPS) is 10.9. The van der Waals surface area contributed by atoms with Crippen molar-refractivity contribution in [3.63, 3.8) is 0 Å². The molecule has 2 aromatic heterocycles. The first-order valence-corrected chi connectivity index (χ1v) is 10.3. The molecule has 30 heavy (non-hydrogen) atoms. The number of rotatable bonds is 8. The number of carbonyl (C=O) groups is 2. The van der Waals surface area contributed by atoms with Crippen LogP contribution < -0.4 is 10.9 Å². The second-order valence-electron chi connectivity index (χ2n) is 6.60. The summed E-state index contributed by atoms with van der Waals surface area (Å²) in [5.74, 6) is -0.848. The van der Waals surface area contributed by atoms with Gasteiger partial charge >= 0.3 is 5.97 Å². The number of nitrogens with one attached hydrogen (secondary N) is 1. The van der Waals surface area contributed by atoms with E-state index >= 15 is 0 Å². The molecule has 1 aromatic carbocycles. The lowest BCUT2D eigenvalue weighted by Crippen LogP contribution is -2.28. The van der Waals surface area contributed by atoms with Gasteiger partial charge in [0.1, 0.15) is 22.9 Å². The molecule has 158 valence electrons. The van der Waals surface area contributed by atoms with E-state index in [0.717, 1.165) is 29.0 Å². The largest absolute Gasteiger partial charge is 0.459 e. The zero-order valence-electron chi connectivity index (χ0n) is 17.1. The summed E-state index contributed by atoms with van der Waals surface area (Å²) in [6.45, 7) is 3.92. The van der Waals surface area contributed by atoms with Crippen LogP contribution in [0.5, 0.6) is 0 Å². The van der Waals surface area contributed by atoms with Gasteiger partial charge < -0.3 is 14.8 Å². The van der Waals surface area contributed by atoms with E-state index in [9.17, 15) is 14.4 Å². The molecule has 3 aromatic rings. The van der Waals surface area contributed by atoms with E-state index in [-0.39, 0.29) is 31.2 Å². The van der Waals surface area contributed by atoms with Crippen molar-refractivity contribution in [2.24, 2.45) is 0 Å². The maximum Gasteiger partial charge on any atom is 0.348 e. The third-order valence-electron chi connectivity index (χ3n) is 4.61. The molecule has 0 atom stereocenters. The molecule has 0 aliphatic rings. The molecule has 0 saturated heterocycles. The molecule has 9 heteroatoms. The van der Waals surface area contributed by atoms with Crippen molar-refractivity contribution >= 4 is 39.1 Å². The third kappa shape index (κ3) is 4.58. The molecule has 0 spiro atoms. The second kappa shape index (κ2) is 9.64. The molecule has 2 heterocycles. The number of hydrogen-bond acceptors (Lipinski definition) is 7. The molecular formula is C21H23N3O5S. The van der Waals surface area contributed by atoms with Gasteiger partial charge in [0.15, 0.2) is 0 Å². The Hall–Kier alpha value is -3.04. The van der Waals surface area contributed by atoms with Crippen LogP contribution in [-0.4, -0.2) is 41.8 Å². The monoisotopic (exact) mass is 429 g/mol. The van der Waals surface area contributed by atoms with Crippen LogP contribution in [0.2, 0.25) is 0 Å². The minimum absolute atomic E-state index is 0.125. The number of fused-ring (bicyclic) bond motifs is 1. The fourth-order valence-electron chi connectivity index (χ4n) is 3.04. The number of anilines is 1. The number of hydrogen-bond donors (Lipinski definition) is 1. The molecule has 8 nitrogen and oxygen atoms in total. The quantitative estimate of drug-likeness (QED) is 0.437. The Bertz CT molecular complexity index is 1140. The number of esters is 1. The van der Waals surface area contributed by atoms with E-state index in [1.807, 2.05) is 31.2 Å². The Morgan fingerprint density at radius 2 is 2.00 bits per heavy atom. The molecule has 1 N–H and O–H groups in total. The highest BCUT2D eigenvalue weighted by Crippen LogP contribution is 2.27. The number of aromatic nitrogens is 2. The molecule has 0 bridgehead atoms. The van der Waals surface area contributed by atoms with Gasteiger partial charge in [-0.25, -0.2) is 9.78 Å². The van der Waals surface area contributed by atoms with Crippen LogP contribution in [-0.2, 0) is 27.2 Å². The van der Waals surface area contributed by atoms with E-state index in [4.69, 9.17) is 9.47 Å². The van der Waals surface area contributed by atoms with Crippen molar-refractivity contribution < 1.29 is 19.1 Å². The van der Waals surface area contributed by atoms with Crippen LogP contribution in [0, 0.1) is 6.92 Å². The summed E-state index contributed by atoms with van der Waals surface area (Å²) in [6, 6.07) is 7.52. The van der Waals surface area contributed by atoms with Crippen molar-refractivity contribution in [1.82, 2.24) is 9.55 Å². The third-order valence-corrected chi connectivity index (χ3v) is 5.79. The van der Waals surface area contributed by atoms with Gasteiger partial charge in [-0.15, -0.1) is 11.3 Å². The zero-order valence-corrected chi connectivity index (χ0v) is 17.9. The van der Waals surface area contributed by atoms with Gasteiger partial charge in [0.05, 0.1) is 18.3 Å². The molecule has 0 aliphatic heterocycles. The lowest BCUT2D eigenvalue weighted by Gasteiger charge is -2.10. The Morgan fingerprint density at radius 3 is 2.73 bits per heavy atom. The first-order valence-electron chi connectivity index (χ1n) is 9.48. The van der Waals surface area contributed by atoms with Gasteiger partial charge in [0.2, 0.25) is 5.91 Å². The van der Waals surface area contributed by atoms with Crippen LogP contribution in [0.4, 0.5) is 5.69 Å². The van der Waals surface area contributed by atoms with Crippen molar-refractivity contribution in [2.75, 3.05) is 25.6 Å². The highest BCUT2D eigenvalue weighted by Gasteiger charge is 2.21. The first kappa shape index (κ1) is 21.7. The number of nitrogens with zero attached hydrogens (tertiary/aromatic N) is 2. The van der Waals surface area contributed by atoms with Gasteiger partial charge in [0.25, 0.3) is 5.56 Å². The number of thiophene rings is 1. The van der Waals surface area contributed by atoms with Crippen molar-refractivity contribution in [3.05, 3.63) is 57.0 Å². The number of amides is 1. The van der Waals surface area contributed by atoms with E-state index in [1.54, 1.807) is 6.92 Å². The fourth-order valence-corrected chi connectivity index (χ4v) is 4.08. The topological polar surface area (TPSA) is 99.5 Å². The summed E-state index contributed by atoms with van der Waals surface area (Å²) < 4.78 is 11.3. The van der Waals surface area contributed by atoms with Crippen molar-refractivity contribution in [1.29, 1.82) is 0 Å². The fraction of sp³-hybridized carbons (Fsp3) is 0.333. The standard InChI is InChI=1S/C21H23N3O5S/c1-4-14-7-5-6-8-15(14)23-16(25)11-24-12-22-19-17(20(24)26)13(2)18(30-19)21(27)29-10-9-28-3/h5-8,12H,4,9-11H2,1-3H3,(H,23,25). The van der Waals surface area contributed by atoms with Gasteiger partial charge in [-0.1, -0.05) is 25.1 Å². The van der Waals surface area contributed by atoms with Crippen molar-refractivity contribution in [3.8, 4) is 0 Å². The summed E-state index contributed by atoms with van der Waals surface area (Å²) >= 11 is 1.10. The molecule has 0 aliphatic carbocycles. The summed E-state index contributed by atoms with van der Waals surface area (Å²) in [7, 11) is 1.52. The van der Waals surface area contributed by atoms with Crippen LogP contribution >= 0.6 is 11.3 Å². The minimum atomic E-state index is -0.521. The van der Waals surface area contributed by atoms with Gasteiger partial charge in [0, 0.05) is 12.8 Å². The number of methoxy groups -OCH3 is 1. The lowest BCUT2D eigenvalue weighted by molar-refractivity contribution is -0.116. The van der Waals surface area contributed by atoms with Gasteiger partial charge in [-0.2, -0.15) is 0 Å². The number of benzene rings is 1. The van der Waals surface area contributed by atoms with Crippen LogP contribution in [0.3, 0.4) is 0 Å². The smallest absolute Gasteiger partial charge is 0.348 e. The second-order valence-corrected chi connectivity index (χ2v) is 7.60. The number of para-hydroxylation sites is 1. The van der Waals surface area contributed by atoms with E-state index in [0.29, 0.717) is 20.7 Å².